The van der Waals surface area contributed by atoms with E-state index in [1.165, 1.54) is 28.8 Å². The molecule has 0 saturated carbocycles. The predicted octanol–water partition coefficient (Wildman–Crippen LogP) is 3.64. The van der Waals surface area contributed by atoms with Crippen LogP contribution in [0.3, 0.4) is 0 Å². The number of phenolic OH excluding ortho intramolecular Hbond substituents is 1. The number of thiocarbonyl (C=S) groups is 1. The first-order valence-corrected chi connectivity index (χ1v) is 10.2. The first kappa shape index (κ1) is 21.7. The number of thioether (sulfide) groups is 1. The molecule has 0 aromatic heterocycles. The van der Waals surface area contributed by atoms with Crippen molar-refractivity contribution in [2.45, 2.75) is 6.42 Å². The molecule has 30 heavy (non-hydrogen) atoms. The maximum atomic E-state index is 12.7. The Morgan fingerprint density at radius 1 is 1.20 bits per heavy atom. The number of hydrogen-bond donors (Lipinski definition) is 2. The van der Waals surface area contributed by atoms with Crippen LogP contribution in [0.5, 0.6) is 17.2 Å². The average Bonchev–Trinajstić information content (AvgIpc) is 2.99. The second kappa shape index (κ2) is 9.64. The Morgan fingerprint density at radius 2 is 1.97 bits per heavy atom. The van der Waals surface area contributed by atoms with Gasteiger partial charge >= 0.3 is 0 Å². The number of benzene rings is 2. The van der Waals surface area contributed by atoms with Gasteiger partial charge in [0.1, 0.15) is 10.1 Å². The highest BCUT2D eigenvalue weighted by Gasteiger charge is 2.32. The Balaban J connectivity index is 1.64. The second-order valence-electron chi connectivity index (χ2n) is 6.30. The number of aromatic hydroxyl groups is 1. The van der Waals surface area contributed by atoms with E-state index >= 15 is 0 Å². The molecule has 2 aromatic carbocycles. The largest absolute Gasteiger partial charge is 0.508 e. The highest BCUT2D eigenvalue weighted by Crippen LogP contribution is 2.34. The summed E-state index contributed by atoms with van der Waals surface area (Å²) in [6.45, 7) is 0.165. The minimum Gasteiger partial charge on any atom is -0.508 e. The van der Waals surface area contributed by atoms with Crippen molar-refractivity contribution in [1.29, 1.82) is 0 Å². The van der Waals surface area contributed by atoms with E-state index in [0.29, 0.717) is 26.4 Å². The van der Waals surface area contributed by atoms with Crippen LogP contribution in [0, 0.1) is 0 Å². The van der Waals surface area contributed by atoms with Crippen LogP contribution < -0.4 is 14.8 Å². The van der Waals surface area contributed by atoms with Crippen molar-refractivity contribution in [3.63, 3.8) is 0 Å². The summed E-state index contributed by atoms with van der Waals surface area (Å²) in [5.74, 6) is 0.693. The average molecular weight is 445 g/mol. The lowest BCUT2D eigenvalue weighted by molar-refractivity contribution is -0.122. The van der Waals surface area contributed by atoms with Crippen molar-refractivity contribution >= 4 is 51.9 Å². The number of carbonyl (C=O) groups excluding carboxylic acids is 2. The van der Waals surface area contributed by atoms with Gasteiger partial charge in [0.05, 0.1) is 19.1 Å². The molecule has 1 aliphatic heterocycles. The van der Waals surface area contributed by atoms with Gasteiger partial charge in [-0.1, -0.05) is 36.1 Å². The van der Waals surface area contributed by atoms with E-state index < -0.39 is 0 Å². The third-order valence-electron chi connectivity index (χ3n) is 4.27. The Morgan fingerprint density at radius 3 is 2.67 bits per heavy atom. The molecule has 2 aromatic rings. The number of rotatable bonds is 7. The van der Waals surface area contributed by atoms with Crippen LogP contribution in [0.4, 0.5) is 5.69 Å². The second-order valence-corrected chi connectivity index (χ2v) is 7.97. The molecule has 0 aliphatic carbocycles. The van der Waals surface area contributed by atoms with Gasteiger partial charge in [0, 0.05) is 24.7 Å². The lowest BCUT2D eigenvalue weighted by Gasteiger charge is -2.14. The maximum Gasteiger partial charge on any atom is 0.266 e. The predicted molar refractivity (Wildman–Crippen MR) is 121 cm³/mol. The molecular formula is C21H20N2O5S2. The first-order chi connectivity index (χ1) is 14.4. The molecule has 3 rings (SSSR count). The number of anilines is 1. The summed E-state index contributed by atoms with van der Waals surface area (Å²) in [4.78, 5) is 26.8. The fourth-order valence-electron chi connectivity index (χ4n) is 2.81. The van der Waals surface area contributed by atoms with Crippen molar-refractivity contribution in [2.24, 2.45) is 0 Å². The Hall–Kier alpha value is -3.04. The lowest BCUT2D eigenvalue weighted by Crippen LogP contribution is -2.31. The minimum atomic E-state index is -0.279. The van der Waals surface area contributed by atoms with Crippen LogP contribution in [0.1, 0.15) is 12.0 Å². The number of carbonyl (C=O) groups is 2. The van der Waals surface area contributed by atoms with Gasteiger partial charge in [-0.05, 0) is 35.9 Å². The number of methoxy groups -OCH3 is 2. The monoisotopic (exact) mass is 444 g/mol. The number of nitrogens with one attached hydrogen (secondary N) is 1. The third-order valence-corrected chi connectivity index (χ3v) is 5.65. The summed E-state index contributed by atoms with van der Waals surface area (Å²) in [6, 6.07) is 11.6. The van der Waals surface area contributed by atoms with Gasteiger partial charge < -0.3 is 19.9 Å². The van der Waals surface area contributed by atoms with Crippen LogP contribution in [-0.2, 0) is 9.59 Å². The number of nitrogens with zero attached hydrogens (tertiary/aromatic N) is 1. The molecule has 2 amide bonds. The fourth-order valence-corrected chi connectivity index (χ4v) is 4.12. The van der Waals surface area contributed by atoms with E-state index in [1.807, 2.05) is 6.07 Å². The van der Waals surface area contributed by atoms with Crippen LogP contribution in [0.25, 0.3) is 6.08 Å². The van der Waals surface area contributed by atoms with Crippen molar-refractivity contribution in [2.75, 3.05) is 26.1 Å². The van der Waals surface area contributed by atoms with Gasteiger partial charge in [-0.3, -0.25) is 14.5 Å². The number of phenols is 1. The Kier molecular flexibility index (Phi) is 6.96. The molecule has 0 radical (unpaired) electrons. The molecule has 156 valence electrons. The minimum absolute atomic E-state index is 0.0602. The van der Waals surface area contributed by atoms with E-state index in [4.69, 9.17) is 21.7 Å². The third kappa shape index (κ3) is 5.11. The highest BCUT2D eigenvalue weighted by atomic mass is 32.2. The number of ether oxygens (including phenoxy) is 2. The summed E-state index contributed by atoms with van der Waals surface area (Å²) in [7, 11) is 3.10. The molecule has 1 aliphatic rings. The smallest absolute Gasteiger partial charge is 0.266 e. The number of amides is 2. The number of hydrogen-bond acceptors (Lipinski definition) is 7. The Labute approximate surface area is 183 Å². The maximum absolute atomic E-state index is 12.7. The first-order valence-electron chi connectivity index (χ1n) is 8.97. The van der Waals surface area contributed by atoms with Crippen LogP contribution in [0.2, 0.25) is 0 Å². The molecule has 0 spiro atoms. The molecule has 2 N–H and O–H groups in total. The van der Waals surface area contributed by atoms with E-state index in [9.17, 15) is 14.7 Å². The van der Waals surface area contributed by atoms with Gasteiger partial charge in [0.15, 0.2) is 11.5 Å². The quantitative estimate of drug-likeness (QED) is 0.498. The molecule has 0 atom stereocenters. The molecule has 0 unspecified atom stereocenters. The van der Waals surface area contributed by atoms with Crippen LogP contribution in [0.15, 0.2) is 47.4 Å². The summed E-state index contributed by atoms with van der Waals surface area (Å²) < 4.78 is 10.9. The normalized spacial score (nSPS) is 14.9. The van der Waals surface area contributed by atoms with Crippen LogP contribution in [-0.4, -0.2) is 46.9 Å². The standard InChI is InChI=1S/C21H20N2O5S2/c1-27-16-7-6-13(10-17(16)28-2)11-18-20(26)23(21(29)30-18)9-8-19(25)22-14-4-3-5-15(24)12-14/h3-7,10-12,24H,8-9H2,1-2H3,(H,22,25). The molecule has 1 saturated heterocycles. The van der Waals surface area contributed by atoms with Gasteiger partial charge in [0.25, 0.3) is 5.91 Å². The van der Waals surface area contributed by atoms with Gasteiger partial charge in [0.2, 0.25) is 5.91 Å². The topological polar surface area (TPSA) is 88.1 Å². The summed E-state index contributed by atoms with van der Waals surface area (Å²) in [5, 5.41) is 12.1. The zero-order valence-corrected chi connectivity index (χ0v) is 18.0. The van der Waals surface area contributed by atoms with E-state index in [0.717, 1.165) is 5.56 Å². The zero-order valence-electron chi connectivity index (χ0n) is 16.4. The highest BCUT2D eigenvalue weighted by molar-refractivity contribution is 8.26. The van der Waals surface area contributed by atoms with Crippen molar-refractivity contribution in [3.05, 3.63) is 52.9 Å². The molecule has 1 fully saturated rings. The summed E-state index contributed by atoms with van der Waals surface area (Å²) in [5.41, 5.74) is 1.26. The van der Waals surface area contributed by atoms with E-state index in [1.54, 1.807) is 44.6 Å². The SMILES string of the molecule is COc1ccc(C=C2SC(=S)N(CCC(=O)Nc3cccc(O)c3)C2=O)cc1OC. The lowest BCUT2D eigenvalue weighted by atomic mass is 10.2. The van der Waals surface area contributed by atoms with Gasteiger partial charge in [-0.25, -0.2) is 0 Å². The van der Waals surface area contributed by atoms with Crippen molar-refractivity contribution < 1.29 is 24.2 Å². The van der Waals surface area contributed by atoms with E-state index in [2.05, 4.69) is 5.32 Å². The van der Waals surface area contributed by atoms with E-state index in [-0.39, 0.29) is 30.5 Å². The Bertz CT molecular complexity index is 1020. The molecular weight excluding hydrogens is 424 g/mol. The molecule has 9 heteroatoms. The molecule has 7 nitrogen and oxygen atoms in total. The van der Waals surface area contributed by atoms with Crippen molar-refractivity contribution in [1.82, 2.24) is 4.90 Å². The molecule has 1 heterocycles. The van der Waals surface area contributed by atoms with Gasteiger partial charge in [-0.15, -0.1) is 0 Å². The summed E-state index contributed by atoms with van der Waals surface area (Å²) in [6.07, 6.45) is 1.81. The molecule has 0 bridgehead atoms. The van der Waals surface area contributed by atoms with Crippen molar-refractivity contribution in [3.8, 4) is 17.2 Å². The summed E-state index contributed by atoms with van der Waals surface area (Å²) >= 11 is 6.51. The zero-order chi connectivity index (χ0) is 21.7. The van der Waals surface area contributed by atoms with Crippen LogP contribution >= 0.6 is 24.0 Å². The fraction of sp³-hybridized carbons (Fsp3) is 0.190. The van der Waals surface area contributed by atoms with Gasteiger partial charge in [-0.2, -0.15) is 0 Å².